The number of rotatable bonds is 2. The van der Waals surface area contributed by atoms with E-state index in [0.717, 1.165) is 60.8 Å². The molecule has 2 fully saturated rings. The van der Waals surface area contributed by atoms with Crippen LogP contribution >= 0.6 is 11.3 Å². The number of fused-ring (bicyclic) bond motifs is 1. The number of aromatic nitrogens is 2. The average Bonchev–Trinajstić information content (AvgIpc) is 3.21. The molecule has 116 valence electrons. The highest BCUT2D eigenvalue weighted by atomic mass is 32.1. The van der Waals surface area contributed by atoms with Crippen molar-refractivity contribution >= 4 is 32.6 Å². The van der Waals surface area contributed by atoms with Crippen molar-refractivity contribution in [3.05, 3.63) is 18.5 Å². The molecule has 2 aliphatic heterocycles. The number of amides is 1. The van der Waals surface area contributed by atoms with Gasteiger partial charge >= 0.3 is 0 Å². The summed E-state index contributed by atoms with van der Waals surface area (Å²) in [5, 5.41) is 1.02. The van der Waals surface area contributed by atoms with Gasteiger partial charge in [-0.3, -0.25) is 9.78 Å². The second-order valence-corrected chi connectivity index (χ2v) is 7.17. The molecule has 1 amide bonds. The van der Waals surface area contributed by atoms with Crippen LogP contribution in [0.5, 0.6) is 0 Å². The number of thiazole rings is 1. The smallest absolute Gasteiger partial charge is 0.227 e. The van der Waals surface area contributed by atoms with Crippen molar-refractivity contribution in [2.75, 3.05) is 31.1 Å². The Balaban J connectivity index is 1.46. The van der Waals surface area contributed by atoms with Gasteiger partial charge < -0.3 is 9.80 Å². The lowest BCUT2D eigenvalue weighted by Crippen LogP contribution is -2.40. The number of nitrogens with zero attached hydrogens (tertiary/aromatic N) is 4. The van der Waals surface area contributed by atoms with Crippen LogP contribution in [0.4, 0.5) is 5.13 Å². The molecule has 0 radical (unpaired) electrons. The van der Waals surface area contributed by atoms with Gasteiger partial charge in [0.15, 0.2) is 5.13 Å². The number of likely N-dealkylation sites (tertiary alicyclic amines) is 1. The first kappa shape index (κ1) is 13.9. The number of pyridine rings is 1. The van der Waals surface area contributed by atoms with Gasteiger partial charge in [0, 0.05) is 32.4 Å². The van der Waals surface area contributed by atoms with Crippen LogP contribution in [0.15, 0.2) is 18.5 Å². The highest BCUT2D eigenvalue weighted by Gasteiger charge is 2.33. The summed E-state index contributed by atoms with van der Waals surface area (Å²) in [7, 11) is 0. The molecule has 2 saturated heterocycles. The van der Waals surface area contributed by atoms with Crippen molar-refractivity contribution in [2.24, 2.45) is 5.92 Å². The molecule has 0 aliphatic carbocycles. The highest BCUT2D eigenvalue weighted by molar-refractivity contribution is 7.22. The Kier molecular flexibility index (Phi) is 3.70. The van der Waals surface area contributed by atoms with E-state index in [0.29, 0.717) is 5.91 Å². The minimum absolute atomic E-state index is 0.142. The van der Waals surface area contributed by atoms with Gasteiger partial charge in [0.05, 0.1) is 16.8 Å². The zero-order valence-electron chi connectivity index (χ0n) is 12.6. The first-order valence-electron chi connectivity index (χ1n) is 8.05. The third-order valence-corrected chi connectivity index (χ3v) is 5.75. The SMILES string of the molecule is O=C(C1CCN(c2nc3cnccc3s2)C1)N1CCCCC1. The molecule has 4 rings (SSSR count). The normalized spacial score (nSPS) is 22.5. The number of piperidine rings is 1. The van der Waals surface area contributed by atoms with Gasteiger partial charge in [-0.2, -0.15) is 0 Å². The summed E-state index contributed by atoms with van der Waals surface area (Å²) < 4.78 is 1.16. The minimum Gasteiger partial charge on any atom is -0.347 e. The largest absolute Gasteiger partial charge is 0.347 e. The lowest BCUT2D eigenvalue weighted by molar-refractivity contribution is -0.135. The van der Waals surface area contributed by atoms with Gasteiger partial charge in [0.2, 0.25) is 5.91 Å². The number of carbonyl (C=O) groups is 1. The third kappa shape index (κ3) is 2.56. The molecular formula is C16H20N4OS. The van der Waals surface area contributed by atoms with Crippen LogP contribution in [0.1, 0.15) is 25.7 Å². The predicted octanol–water partition coefficient (Wildman–Crippen LogP) is 2.53. The lowest BCUT2D eigenvalue weighted by atomic mass is 10.0. The van der Waals surface area contributed by atoms with Gasteiger partial charge in [0.1, 0.15) is 5.52 Å². The zero-order valence-corrected chi connectivity index (χ0v) is 13.4. The Morgan fingerprint density at radius 3 is 2.91 bits per heavy atom. The van der Waals surface area contributed by atoms with Crippen LogP contribution < -0.4 is 4.90 Å². The molecule has 22 heavy (non-hydrogen) atoms. The fraction of sp³-hybridized carbons (Fsp3) is 0.562. The van der Waals surface area contributed by atoms with E-state index in [-0.39, 0.29) is 5.92 Å². The molecule has 0 aromatic carbocycles. The molecule has 0 N–H and O–H groups in total. The molecule has 2 aromatic rings. The summed E-state index contributed by atoms with van der Waals surface area (Å²) in [6, 6.07) is 2.00. The lowest BCUT2D eigenvalue weighted by Gasteiger charge is -2.29. The van der Waals surface area contributed by atoms with Gasteiger partial charge in [0.25, 0.3) is 0 Å². The van der Waals surface area contributed by atoms with E-state index in [1.807, 2.05) is 12.3 Å². The minimum atomic E-state index is 0.142. The molecule has 1 unspecified atom stereocenters. The third-order valence-electron chi connectivity index (χ3n) is 4.65. The second-order valence-electron chi connectivity index (χ2n) is 6.16. The van der Waals surface area contributed by atoms with Gasteiger partial charge in [-0.15, -0.1) is 0 Å². The van der Waals surface area contributed by atoms with E-state index in [4.69, 9.17) is 0 Å². The summed E-state index contributed by atoms with van der Waals surface area (Å²) in [6.07, 6.45) is 8.14. The summed E-state index contributed by atoms with van der Waals surface area (Å²) >= 11 is 1.69. The molecule has 0 spiro atoms. The molecule has 1 atom stereocenters. The first-order chi connectivity index (χ1) is 10.8. The van der Waals surface area contributed by atoms with Crippen LogP contribution in [-0.2, 0) is 4.79 Å². The Labute approximate surface area is 134 Å². The molecule has 4 heterocycles. The Hall–Kier alpha value is -1.69. The number of carbonyl (C=O) groups excluding carboxylic acids is 1. The summed E-state index contributed by atoms with van der Waals surface area (Å²) in [4.78, 5) is 25.7. The number of anilines is 1. The number of hydrogen-bond acceptors (Lipinski definition) is 5. The van der Waals surface area contributed by atoms with Crippen LogP contribution in [0.2, 0.25) is 0 Å². The van der Waals surface area contributed by atoms with E-state index < -0.39 is 0 Å². The summed E-state index contributed by atoms with van der Waals surface area (Å²) in [5.74, 6) is 0.494. The first-order valence-corrected chi connectivity index (χ1v) is 8.87. The van der Waals surface area contributed by atoms with E-state index in [1.165, 1.54) is 6.42 Å². The fourth-order valence-electron chi connectivity index (χ4n) is 3.41. The predicted molar refractivity (Wildman–Crippen MR) is 88.2 cm³/mol. The zero-order chi connectivity index (χ0) is 14.9. The molecular weight excluding hydrogens is 296 g/mol. The maximum absolute atomic E-state index is 12.6. The number of hydrogen-bond donors (Lipinski definition) is 0. The van der Waals surface area contributed by atoms with Crippen molar-refractivity contribution in [3.8, 4) is 0 Å². The fourth-order valence-corrected chi connectivity index (χ4v) is 4.38. The van der Waals surface area contributed by atoms with Gasteiger partial charge in [-0.25, -0.2) is 4.98 Å². The van der Waals surface area contributed by atoms with E-state index in [2.05, 4.69) is 19.8 Å². The van der Waals surface area contributed by atoms with Gasteiger partial charge in [-0.1, -0.05) is 11.3 Å². The van der Waals surface area contributed by atoms with Crippen LogP contribution in [0.3, 0.4) is 0 Å². The van der Waals surface area contributed by atoms with Crippen molar-refractivity contribution in [2.45, 2.75) is 25.7 Å². The van der Waals surface area contributed by atoms with E-state index in [9.17, 15) is 4.79 Å². The van der Waals surface area contributed by atoms with Crippen molar-refractivity contribution in [3.63, 3.8) is 0 Å². The van der Waals surface area contributed by atoms with Crippen LogP contribution in [-0.4, -0.2) is 47.0 Å². The molecule has 2 aromatic heterocycles. The standard InChI is InChI=1S/C16H20N4OS/c21-15(19-7-2-1-3-8-19)12-5-9-20(11-12)16-18-13-10-17-6-4-14(13)22-16/h4,6,10,12H,1-3,5,7-9,11H2. The highest BCUT2D eigenvalue weighted by Crippen LogP contribution is 2.32. The summed E-state index contributed by atoms with van der Waals surface area (Å²) in [5.41, 5.74) is 0.952. The second kappa shape index (κ2) is 5.83. The summed E-state index contributed by atoms with van der Waals surface area (Å²) in [6.45, 7) is 3.63. The molecule has 0 saturated carbocycles. The maximum Gasteiger partial charge on any atom is 0.227 e. The molecule has 5 nitrogen and oxygen atoms in total. The average molecular weight is 316 g/mol. The van der Waals surface area contributed by atoms with Crippen molar-refractivity contribution in [1.82, 2.24) is 14.9 Å². The monoisotopic (exact) mass is 316 g/mol. The van der Waals surface area contributed by atoms with E-state index >= 15 is 0 Å². The maximum atomic E-state index is 12.6. The Bertz CT molecular complexity index is 647. The van der Waals surface area contributed by atoms with Gasteiger partial charge in [-0.05, 0) is 31.7 Å². The van der Waals surface area contributed by atoms with Crippen LogP contribution in [0.25, 0.3) is 10.2 Å². The van der Waals surface area contributed by atoms with Crippen molar-refractivity contribution in [1.29, 1.82) is 0 Å². The molecule has 2 aliphatic rings. The van der Waals surface area contributed by atoms with Crippen LogP contribution in [0, 0.1) is 5.92 Å². The Morgan fingerprint density at radius 1 is 1.23 bits per heavy atom. The Morgan fingerprint density at radius 2 is 2.09 bits per heavy atom. The topological polar surface area (TPSA) is 49.3 Å². The van der Waals surface area contributed by atoms with Crippen molar-refractivity contribution < 1.29 is 4.79 Å². The molecule has 0 bridgehead atoms. The van der Waals surface area contributed by atoms with E-state index in [1.54, 1.807) is 17.5 Å². The quantitative estimate of drug-likeness (QED) is 0.854. The molecule has 6 heteroatoms.